The molecule has 2 rings (SSSR count). The van der Waals surface area contributed by atoms with E-state index in [2.05, 4.69) is 12.6 Å². The van der Waals surface area contributed by atoms with Gasteiger partial charge in [0, 0.05) is 0 Å². The normalized spacial score (nSPS) is 14.1. The van der Waals surface area contributed by atoms with Crippen LogP contribution >= 0.6 is 12.6 Å². The Balaban J connectivity index is 2.38. The van der Waals surface area contributed by atoms with Crippen LogP contribution in [0.4, 0.5) is 0 Å². The fraction of sp³-hybridized carbons (Fsp3) is 0.111. The molecular weight excluding hydrogens is 172 g/mol. The Labute approximate surface area is 76.2 Å². The summed E-state index contributed by atoms with van der Waals surface area (Å²) in [6.07, 6.45) is 1.89. The quantitative estimate of drug-likeness (QED) is 0.668. The van der Waals surface area contributed by atoms with E-state index in [0.29, 0.717) is 6.79 Å². The third-order valence-corrected chi connectivity index (χ3v) is 1.81. The lowest BCUT2D eigenvalue weighted by atomic mass is 10.2. The molecule has 0 amide bonds. The number of fused-ring (bicyclic) bond motifs is 1. The highest BCUT2D eigenvalue weighted by Gasteiger charge is 2.11. The van der Waals surface area contributed by atoms with Crippen molar-refractivity contribution in [1.29, 1.82) is 0 Å². The summed E-state index contributed by atoms with van der Waals surface area (Å²) in [5, 5.41) is 1.69. The molecule has 0 saturated heterocycles. The van der Waals surface area contributed by atoms with Gasteiger partial charge in [-0.15, -0.1) is 0 Å². The summed E-state index contributed by atoms with van der Waals surface area (Å²) in [7, 11) is 0. The standard InChI is InChI=1S/C9H8O2S/c12-4-3-7-1-2-8-9(5-7)11-6-10-8/h1-5,12H,6H2. The summed E-state index contributed by atoms with van der Waals surface area (Å²) in [4.78, 5) is 0. The Morgan fingerprint density at radius 1 is 1.25 bits per heavy atom. The molecule has 1 heterocycles. The van der Waals surface area contributed by atoms with Crippen LogP contribution in [0.3, 0.4) is 0 Å². The van der Waals surface area contributed by atoms with Crippen molar-refractivity contribution >= 4 is 18.7 Å². The number of rotatable bonds is 1. The van der Waals surface area contributed by atoms with E-state index >= 15 is 0 Å². The van der Waals surface area contributed by atoms with Gasteiger partial charge in [-0.1, -0.05) is 6.07 Å². The molecule has 0 fully saturated rings. The Bertz CT molecular complexity index is 320. The van der Waals surface area contributed by atoms with Crippen molar-refractivity contribution in [2.75, 3.05) is 6.79 Å². The number of hydrogen-bond acceptors (Lipinski definition) is 3. The van der Waals surface area contributed by atoms with E-state index in [1.54, 1.807) is 5.41 Å². The number of thiol groups is 1. The molecule has 1 aliphatic heterocycles. The second kappa shape index (κ2) is 3.11. The molecule has 1 aromatic rings. The van der Waals surface area contributed by atoms with Gasteiger partial charge in [0.25, 0.3) is 0 Å². The van der Waals surface area contributed by atoms with Crippen molar-refractivity contribution in [3.63, 3.8) is 0 Å². The monoisotopic (exact) mass is 180 g/mol. The molecule has 0 atom stereocenters. The SMILES string of the molecule is SC=Cc1ccc2c(c1)OCO2. The van der Waals surface area contributed by atoms with Crippen molar-refractivity contribution in [2.45, 2.75) is 0 Å². The van der Waals surface area contributed by atoms with Gasteiger partial charge in [0.1, 0.15) is 0 Å². The fourth-order valence-corrected chi connectivity index (χ4v) is 1.27. The average Bonchev–Trinajstić information content (AvgIpc) is 2.51. The summed E-state index contributed by atoms with van der Waals surface area (Å²) >= 11 is 3.98. The molecule has 0 unspecified atom stereocenters. The Morgan fingerprint density at radius 3 is 2.92 bits per heavy atom. The van der Waals surface area contributed by atoms with Crippen LogP contribution in [0, 0.1) is 0 Å². The maximum Gasteiger partial charge on any atom is 0.231 e. The second-order valence-corrected chi connectivity index (χ2v) is 2.73. The van der Waals surface area contributed by atoms with Gasteiger partial charge < -0.3 is 9.47 Å². The highest BCUT2D eigenvalue weighted by molar-refractivity contribution is 7.83. The molecule has 0 bridgehead atoms. The first kappa shape index (κ1) is 7.55. The van der Waals surface area contributed by atoms with E-state index in [1.807, 2.05) is 24.3 Å². The third-order valence-electron chi connectivity index (χ3n) is 1.66. The smallest absolute Gasteiger partial charge is 0.231 e. The van der Waals surface area contributed by atoms with E-state index in [9.17, 15) is 0 Å². The van der Waals surface area contributed by atoms with E-state index in [0.717, 1.165) is 17.1 Å². The topological polar surface area (TPSA) is 18.5 Å². The van der Waals surface area contributed by atoms with Crippen molar-refractivity contribution < 1.29 is 9.47 Å². The summed E-state index contributed by atoms with van der Waals surface area (Å²) in [6, 6.07) is 5.78. The molecule has 0 radical (unpaired) electrons. The molecule has 12 heavy (non-hydrogen) atoms. The first-order chi connectivity index (χ1) is 5.90. The summed E-state index contributed by atoms with van der Waals surface area (Å²) in [5.74, 6) is 1.62. The van der Waals surface area contributed by atoms with Gasteiger partial charge >= 0.3 is 0 Å². The highest BCUT2D eigenvalue weighted by Crippen LogP contribution is 2.32. The van der Waals surface area contributed by atoms with E-state index in [1.165, 1.54) is 0 Å². The first-order valence-corrected chi connectivity index (χ1v) is 4.12. The molecular formula is C9H8O2S. The summed E-state index contributed by atoms with van der Waals surface area (Å²) < 4.78 is 10.4. The number of ether oxygens (including phenoxy) is 2. The predicted octanol–water partition coefficient (Wildman–Crippen LogP) is 2.32. The van der Waals surface area contributed by atoms with Crippen LogP contribution in [0.1, 0.15) is 5.56 Å². The average molecular weight is 180 g/mol. The van der Waals surface area contributed by atoms with Gasteiger partial charge in [-0.05, 0) is 29.2 Å². The molecule has 1 aliphatic rings. The van der Waals surface area contributed by atoms with Gasteiger partial charge in [-0.3, -0.25) is 0 Å². The predicted molar refractivity (Wildman–Crippen MR) is 50.6 cm³/mol. The number of hydrogen-bond donors (Lipinski definition) is 1. The molecule has 0 N–H and O–H groups in total. The fourth-order valence-electron chi connectivity index (χ4n) is 1.10. The van der Waals surface area contributed by atoms with Gasteiger partial charge in [0.15, 0.2) is 11.5 Å². The van der Waals surface area contributed by atoms with Crippen LogP contribution in [0.15, 0.2) is 23.6 Å². The molecule has 0 spiro atoms. The number of benzene rings is 1. The molecule has 0 aliphatic carbocycles. The lowest BCUT2D eigenvalue weighted by molar-refractivity contribution is 0.174. The van der Waals surface area contributed by atoms with Crippen molar-refractivity contribution in [2.24, 2.45) is 0 Å². The maximum atomic E-state index is 5.20. The van der Waals surface area contributed by atoms with E-state index < -0.39 is 0 Å². The van der Waals surface area contributed by atoms with Crippen LogP contribution < -0.4 is 9.47 Å². The van der Waals surface area contributed by atoms with Gasteiger partial charge in [-0.25, -0.2) is 0 Å². The van der Waals surface area contributed by atoms with Crippen molar-refractivity contribution in [1.82, 2.24) is 0 Å². The van der Waals surface area contributed by atoms with E-state index in [-0.39, 0.29) is 0 Å². The molecule has 1 aromatic carbocycles. The minimum atomic E-state index is 0.323. The molecule has 2 nitrogen and oxygen atoms in total. The molecule has 62 valence electrons. The van der Waals surface area contributed by atoms with Crippen LogP contribution in [0.25, 0.3) is 6.08 Å². The van der Waals surface area contributed by atoms with Crippen LogP contribution in [-0.4, -0.2) is 6.79 Å². The zero-order valence-electron chi connectivity index (χ0n) is 6.36. The van der Waals surface area contributed by atoms with Gasteiger partial charge in [-0.2, -0.15) is 12.6 Å². The lowest BCUT2D eigenvalue weighted by Crippen LogP contribution is -1.92. The van der Waals surface area contributed by atoms with Crippen molar-refractivity contribution in [3.05, 3.63) is 29.2 Å². The van der Waals surface area contributed by atoms with Crippen LogP contribution in [-0.2, 0) is 0 Å². The highest BCUT2D eigenvalue weighted by atomic mass is 32.1. The molecule has 0 aromatic heterocycles. The minimum Gasteiger partial charge on any atom is -0.454 e. The zero-order valence-corrected chi connectivity index (χ0v) is 7.25. The summed E-state index contributed by atoms with van der Waals surface area (Å²) in [5.41, 5.74) is 1.06. The molecule has 3 heteroatoms. The molecule has 0 saturated carbocycles. The summed E-state index contributed by atoms with van der Waals surface area (Å²) in [6.45, 7) is 0.323. The van der Waals surface area contributed by atoms with Crippen LogP contribution in [0.5, 0.6) is 11.5 Å². The Morgan fingerprint density at radius 2 is 2.08 bits per heavy atom. The zero-order chi connectivity index (χ0) is 8.39. The largest absolute Gasteiger partial charge is 0.454 e. The first-order valence-electron chi connectivity index (χ1n) is 3.60. The minimum absolute atomic E-state index is 0.323. The maximum absolute atomic E-state index is 5.20. The third kappa shape index (κ3) is 1.28. The van der Waals surface area contributed by atoms with Gasteiger partial charge in [0.2, 0.25) is 6.79 Å². The Kier molecular flexibility index (Phi) is 1.96. The Hall–Kier alpha value is -1.09. The lowest BCUT2D eigenvalue weighted by Gasteiger charge is -1.96. The van der Waals surface area contributed by atoms with Gasteiger partial charge in [0.05, 0.1) is 0 Å². The van der Waals surface area contributed by atoms with Crippen molar-refractivity contribution in [3.8, 4) is 11.5 Å². The van der Waals surface area contributed by atoms with E-state index in [4.69, 9.17) is 9.47 Å². The second-order valence-electron chi connectivity index (χ2n) is 2.43. The van der Waals surface area contributed by atoms with Crippen LogP contribution in [0.2, 0.25) is 0 Å².